The van der Waals surface area contributed by atoms with E-state index in [4.69, 9.17) is 16.7 Å². The summed E-state index contributed by atoms with van der Waals surface area (Å²) >= 11 is 6.06. The Kier molecular flexibility index (Phi) is 3.20. The van der Waals surface area contributed by atoms with Crippen LogP contribution in [0.25, 0.3) is 5.65 Å². The quantitative estimate of drug-likeness (QED) is 0.800. The van der Waals surface area contributed by atoms with Crippen molar-refractivity contribution >= 4 is 28.9 Å². The van der Waals surface area contributed by atoms with Gasteiger partial charge in [-0.05, 0) is 17.7 Å². The van der Waals surface area contributed by atoms with Gasteiger partial charge in [-0.15, -0.1) is 0 Å². The van der Waals surface area contributed by atoms with Crippen molar-refractivity contribution in [1.29, 1.82) is 0 Å². The lowest BCUT2D eigenvalue weighted by Gasteiger charge is -2.41. The molecule has 7 heteroatoms. The standard InChI is InChI=1S/C16H13ClN4O2/c17-14-7-13(15-18-4-5-21(15)19-14)20-8-12(9-20)10-2-1-3-11(6-10)16(22)23/h1-7,12H,8-9H2,(H,22,23). The summed E-state index contributed by atoms with van der Waals surface area (Å²) in [7, 11) is 0. The maximum absolute atomic E-state index is 11.1. The van der Waals surface area contributed by atoms with Crippen molar-refractivity contribution in [1.82, 2.24) is 14.6 Å². The zero-order valence-electron chi connectivity index (χ0n) is 12.1. The number of carboxylic acids is 1. The van der Waals surface area contributed by atoms with Gasteiger partial charge in [-0.3, -0.25) is 0 Å². The minimum atomic E-state index is -0.900. The Bertz CT molecular complexity index is 902. The fraction of sp³-hybridized carbons (Fsp3) is 0.188. The van der Waals surface area contributed by atoms with Crippen molar-refractivity contribution < 1.29 is 9.90 Å². The predicted octanol–water partition coefficient (Wildman–Crippen LogP) is 2.68. The lowest BCUT2D eigenvalue weighted by Crippen LogP contribution is -2.45. The summed E-state index contributed by atoms with van der Waals surface area (Å²) in [5.74, 6) is -0.598. The van der Waals surface area contributed by atoms with E-state index < -0.39 is 5.97 Å². The van der Waals surface area contributed by atoms with Crippen molar-refractivity contribution in [3.8, 4) is 0 Å². The maximum Gasteiger partial charge on any atom is 0.335 e. The van der Waals surface area contributed by atoms with Crippen LogP contribution >= 0.6 is 11.6 Å². The lowest BCUT2D eigenvalue weighted by molar-refractivity contribution is 0.0696. The van der Waals surface area contributed by atoms with Gasteiger partial charge in [-0.1, -0.05) is 23.7 Å². The number of carbonyl (C=O) groups is 1. The molecule has 1 aliphatic rings. The third kappa shape index (κ3) is 2.41. The Balaban J connectivity index is 1.58. The third-order valence-corrected chi connectivity index (χ3v) is 4.32. The number of benzene rings is 1. The second-order valence-corrected chi connectivity index (χ2v) is 5.97. The molecule has 0 aliphatic carbocycles. The van der Waals surface area contributed by atoms with Crippen molar-refractivity contribution in [2.75, 3.05) is 18.0 Å². The fourth-order valence-electron chi connectivity index (χ4n) is 2.91. The molecule has 6 nitrogen and oxygen atoms in total. The van der Waals surface area contributed by atoms with Gasteiger partial charge in [-0.2, -0.15) is 5.10 Å². The summed E-state index contributed by atoms with van der Waals surface area (Å²) in [6.45, 7) is 1.60. The SMILES string of the molecule is O=C(O)c1cccc(C2CN(c3cc(Cl)nn4ccnc34)C2)c1. The van der Waals surface area contributed by atoms with Gasteiger partial charge in [0, 0.05) is 37.5 Å². The zero-order chi connectivity index (χ0) is 16.0. The van der Waals surface area contributed by atoms with Crippen LogP contribution in [0.1, 0.15) is 21.8 Å². The van der Waals surface area contributed by atoms with Gasteiger partial charge in [-0.25, -0.2) is 14.3 Å². The van der Waals surface area contributed by atoms with Crippen LogP contribution in [-0.2, 0) is 0 Å². The first-order valence-corrected chi connectivity index (χ1v) is 7.58. The number of fused-ring (bicyclic) bond motifs is 1. The molecular formula is C16H13ClN4O2. The number of aromatic carboxylic acids is 1. The maximum atomic E-state index is 11.1. The molecule has 116 valence electrons. The molecule has 1 N–H and O–H groups in total. The van der Waals surface area contributed by atoms with E-state index in [0.717, 1.165) is 30.0 Å². The topological polar surface area (TPSA) is 70.7 Å². The number of imidazole rings is 1. The van der Waals surface area contributed by atoms with Gasteiger partial charge in [0.15, 0.2) is 10.8 Å². The molecule has 0 spiro atoms. The molecule has 0 unspecified atom stereocenters. The van der Waals surface area contributed by atoms with Crippen molar-refractivity contribution in [2.45, 2.75) is 5.92 Å². The second-order valence-electron chi connectivity index (χ2n) is 5.58. The summed E-state index contributed by atoms with van der Waals surface area (Å²) in [6, 6.07) is 8.93. The Morgan fingerprint density at radius 1 is 1.30 bits per heavy atom. The van der Waals surface area contributed by atoms with Crippen molar-refractivity contribution in [3.63, 3.8) is 0 Å². The summed E-state index contributed by atoms with van der Waals surface area (Å²) in [5, 5.41) is 13.7. The van der Waals surface area contributed by atoms with Gasteiger partial charge in [0.1, 0.15) is 0 Å². The Morgan fingerprint density at radius 3 is 2.91 bits per heavy atom. The monoisotopic (exact) mass is 328 g/mol. The number of carboxylic acid groups (broad SMARTS) is 1. The normalized spacial score (nSPS) is 14.9. The van der Waals surface area contributed by atoms with E-state index in [1.807, 2.05) is 12.1 Å². The molecule has 0 atom stereocenters. The van der Waals surface area contributed by atoms with Gasteiger partial charge in [0.2, 0.25) is 0 Å². The van der Waals surface area contributed by atoms with E-state index in [0.29, 0.717) is 16.6 Å². The summed E-state index contributed by atoms with van der Waals surface area (Å²) in [5.41, 5.74) is 3.08. The minimum absolute atomic E-state index is 0.302. The van der Waals surface area contributed by atoms with Crippen LogP contribution in [0.15, 0.2) is 42.7 Å². The summed E-state index contributed by atoms with van der Waals surface area (Å²) in [4.78, 5) is 17.6. The largest absolute Gasteiger partial charge is 0.478 e. The van der Waals surface area contributed by atoms with E-state index in [1.165, 1.54) is 0 Å². The zero-order valence-corrected chi connectivity index (χ0v) is 12.8. The molecule has 4 rings (SSSR count). The molecule has 1 fully saturated rings. The Hall–Kier alpha value is -2.60. The highest BCUT2D eigenvalue weighted by molar-refractivity contribution is 6.29. The van der Waals surface area contributed by atoms with Crippen LogP contribution < -0.4 is 4.90 Å². The molecule has 2 aromatic heterocycles. The van der Waals surface area contributed by atoms with Crippen LogP contribution in [0.5, 0.6) is 0 Å². The second kappa shape index (κ2) is 5.24. The molecule has 0 amide bonds. The molecule has 3 heterocycles. The number of hydrogen-bond acceptors (Lipinski definition) is 4. The van der Waals surface area contributed by atoms with Crippen LogP contribution in [0.4, 0.5) is 5.69 Å². The average Bonchev–Trinajstić information content (AvgIpc) is 2.94. The minimum Gasteiger partial charge on any atom is -0.478 e. The highest BCUT2D eigenvalue weighted by Gasteiger charge is 2.30. The molecule has 1 aliphatic heterocycles. The average molecular weight is 329 g/mol. The number of halogens is 1. The first-order valence-electron chi connectivity index (χ1n) is 7.20. The fourth-order valence-corrected chi connectivity index (χ4v) is 3.10. The first-order chi connectivity index (χ1) is 11.1. The number of nitrogens with zero attached hydrogens (tertiary/aromatic N) is 4. The van der Waals surface area contributed by atoms with Gasteiger partial charge >= 0.3 is 5.97 Å². The van der Waals surface area contributed by atoms with E-state index in [2.05, 4.69) is 15.0 Å². The Morgan fingerprint density at radius 2 is 2.13 bits per heavy atom. The van der Waals surface area contributed by atoms with E-state index in [1.54, 1.807) is 35.1 Å². The molecule has 3 aromatic rings. The van der Waals surface area contributed by atoms with Crippen molar-refractivity contribution in [2.24, 2.45) is 0 Å². The van der Waals surface area contributed by atoms with E-state index >= 15 is 0 Å². The summed E-state index contributed by atoms with van der Waals surface area (Å²) < 4.78 is 1.66. The van der Waals surface area contributed by atoms with Crippen molar-refractivity contribution in [3.05, 3.63) is 59.0 Å². The number of anilines is 1. The molecule has 23 heavy (non-hydrogen) atoms. The van der Waals surface area contributed by atoms with Crippen LogP contribution in [0.3, 0.4) is 0 Å². The summed E-state index contributed by atoms with van der Waals surface area (Å²) in [6.07, 6.45) is 3.45. The van der Waals surface area contributed by atoms with Crippen LogP contribution in [-0.4, -0.2) is 38.8 Å². The molecule has 1 saturated heterocycles. The third-order valence-electron chi connectivity index (χ3n) is 4.14. The number of aromatic nitrogens is 3. The predicted molar refractivity (Wildman–Crippen MR) is 86.4 cm³/mol. The molecule has 0 radical (unpaired) electrons. The molecule has 0 saturated carbocycles. The Labute approximate surface area is 136 Å². The van der Waals surface area contributed by atoms with Crippen LogP contribution in [0, 0.1) is 0 Å². The van der Waals surface area contributed by atoms with Gasteiger partial charge in [0.05, 0.1) is 11.3 Å². The highest BCUT2D eigenvalue weighted by Crippen LogP contribution is 2.34. The number of hydrogen-bond donors (Lipinski definition) is 1. The highest BCUT2D eigenvalue weighted by atomic mass is 35.5. The van der Waals surface area contributed by atoms with E-state index in [9.17, 15) is 4.79 Å². The lowest BCUT2D eigenvalue weighted by atomic mass is 9.90. The molecule has 1 aromatic carbocycles. The molecular weight excluding hydrogens is 316 g/mol. The number of rotatable bonds is 3. The van der Waals surface area contributed by atoms with Gasteiger partial charge < -0.3 is 10.0 Å². The van der Waals surface area contributed by atoms with Gasteiger partial charge in [0.25, 0.3) is 0 Å². The van der Waals surface area contributed by atoms with E-state index in [-0.39, 0.29) is 0 Å². The smallest absolute Gasteiger partial charge is 0.335 e. The molecule has 0 bridgehead atoms. The van der Waals surface area contributed by atoms with Crippen LogP contribution in [0.2, 0.25) is 5.15 Å². The first kappa shape index (κ1) is 14.0.